The molecule has 0 aromatic carbocycles. The van der Waals surface area contributed by atoms with Gasteiger partial charge in [-0.25, -0.2) is 0 Å². The van der Waals surface area contributed by atoms with E-state index in [-0.39, 0.29) is 11.2 Å². The highest BCUT2D eigenvalue weighted by atomic mass is 32.2. The number of carbonyl (C=O) groups excluding carboxylic acids is 1. The predicted molar refractivity (Wildman–Crippen MR) is 85.0 cm³/mol. The molecule has 2 fully saturated rings. The molecule has 0 spiro atoms. The molecule has 4 heteroatoms. The van der Waals surface area contributed by atoms with Gasteiger partial charge in [0.05, 0.1) is 5.25 Å². The van der Waals surface area contributed by atoms with Crippen LogP contribution in [0.5, 0.6) is 0 Å². The molecule has 3 aliphatic rings. The van der Waals surface area contributed by atoms with Gasteiger partial charge in [-0.05, 0) is 31.6 Å². The molecule has 1 aliphatic heterocycles. The summed E-state index contributed by atoms with van der Waals surface area (Å²) >= 11 is 1.71. The van der Waals surface area contributed by atoms with Crippen molar-refractivity contribution in [2.45, 2.75) is 81.9 Å². The van der Waals surface area contributed by atoms with Crippen LogP contribution >= 0.6 is 11.8 Å². The molecule has 1 atom stereocenters. The van der Waals surface area contributed by atoms with Gasteiger partial charge in [0.1, 0.15) is 0 Å². The number of rotatable bonds is 2. The number of hydrogen-bond donors (Lipinski definition) is 1. The zero-order valence-electron chi connectivity index (χ0n) is 12.3. The van der Waals surface area contributed by atoms with Crippen LogP contribution in [-0.4, -0.2) is 22.4 Å². The van der Waals surface area contributed by atoms with E-state index in [4.69, 9.17) is 0 Å². The molecule has 2 aliphatic carbocycles. The number of amidine groups is 1. The van der Waals surface area contributed by atoms with Gasteiger partial charge in [-0.3, -0.25) is 4.79 Å². The van der Waals surface area contributed by atoms with E-state index in [2.05, 4.69) is 10.3 Å². The average Bonchev–Trinajstić information content (AvgIpc) is 3.01. The van der Waals surface area contributed by atoms with Gasteiger partial charge in [0.2, 0.25) is 0 Å². The summed E-state index contributed by atoms with van der Waals surface area (Å²) in [7, 11) is 0. The monoisotopic (exact) mass is 294 g/mol. The van der Waals surface area contributed by atoms with Crippen molar-refractivity contribution in [1.82, 2.24) is 5.32 Å². The van der Waals surface area contributed by atoms with Crippen LogP contribution in [0.2, 0.25) is 0 Å². The Bertz CT molecular complexity index is 369. The van der Waals surface area contributed by atoms with Crippen LogP contribution in [0.25, 0.3) is 0 Å². The van der Waals surface area contributed by atoms with Crippen LogP contribution in [0, 0.1) is 5.92 Å². The van der Waals surface area contributed by atoms with Crippen molar-refractivity contribution < 1.29 is 4.79 Å². The fourth-order valence-electron chi connectivity index (χ4n) is 3.76. The smallest absolute Gasteiger partial charge is 0.261 e. The maximum Gasteiger partial charge on any atom is 0.261 e. The lowest BCUT2D eigenvalue weighted by atomic mass is 9.97. The topological polar surface area (TPSA) is 41.5 Å². The molecule has 3 rings (SSSR count). The average molecular weight is 294 g/mol. The second kappa shape index (κ2) is 6.97. The van der Waals surface area contributed by atoms with Gasteiger partial charge in [-0.1, -0.05) is 56.7 Å². The molecule has 20 heavy (non-hydrogen) atoms. The highest BCUT2D eigenvalue weighted by molar-refractivity contribution is 8.15. The summed E-state index contributed by atoms with van der Waals surface area (Å²) < 4.78 is 0. The lowest BCUT2D eigenvalue weighted by Gasteiger charge is -2.22. The molecular weight excluding hydrogens is 268 g/mol. The Morgan fingerprint density at radius 1 is 0.900 bits per heavy atom. The van der Waals surface area contributed by atoms with E-state index in [9.17, 15) is 4.79 Å². The van der Waals surface area contributed by atoms with Crippen molar-refractivity contribution in [3.05, 3.63) is 0 Å². The second-order valence-corrected chi connectivity index (χ2v) is 7.65. The summed E-state index contributed by atoms with van der Waals surface area (Å²) in [6.45, 7) is 0. The number of amides is 1. The van der Waals surface area contributed by atoms with Crippen molar-refractivity contribution in [1.29, 1.82) is 0 Å². The summed E-state index contributed by atoms with van der Waals surface area (Å²) in [6.07, 6.45) is 14.2. The molecule has 1 unspecified atom stereocenters. The van der Waals surface area contributed by atoms with Gasteiger partial charge in [-0.15, -0.1) is 0 Å². The number of hydrogen-bond acceptors (Lipinski definition) is 3. The van der Waals surface area contributed by atoms with Gasteiger partial charge >= 0.3 is 0 Å². The largest absolute Gasteiger partial charge is 0.362 e. The number of aliphatic imine (C=N–C) groups is 1. The third kappa shape index (κ3) is 3.57. The van der Waals surface area contributed by atoms with Crippen LogP contribution in [0.1, 0.15) is 70.6 Å². The molecular formula is C16H26N2OS. The SMILES string of the molecule is O=C1N=C(NC2CCCCCCC2)SC1C1CCCC1. The maximum atomic E-state index is 12.1. The lowest BCUT2D eigenvalue weighted by Crippen LogP contribution is -2.33. The molecule has 2 saturated carbocycles. The maximum absolute atomic E-state index is 12.1. The normalized spacial score (nSPS) is 30.1. The first-order valence-electron chi connectivity index (χ1n) is 8.38. The molecule has 0 bridgehead atoms. The minimum absolute atomic E-state index is 0.119. The number of nitrogens with one attached hydrogen (secondary N) is 1. The zero-order chi connectivity index (χ0) is 13.8. The minimum Gasteiger partial charge on any atom is -0.362 e. The van der Waals surface area contributed by atoms with E-state index >= 15 is 0 Å². The van der Waals surface area contributed by atoms with Gasteiger partial charge in [0, 0.05) is 6.04 Å². The summed E-state index contributed by atoms with van der Waals surface area (Å²) in [6, 6.07) is 0.539. The summed E-state index contributed by atoms with van der Waals surface area (Å²) in [5.74, 6) is 0.697. The van der Waals surface area contributed by atoms with E-state index < -0.39 is 0 Å². The van der Waals surface area contributed by atoms with Crippen molar-refractivity contribution in [2.75, 3.05) is 0 Å². The van der Waals surface area contributed by atoms with E-state index in [1.807, 2.05) is 0 Å². The minimum atomic E-state index is 0.119. The molecule has 0 radical (unpaired) electrons. The Kier molecular flexibility index (Phi) is 5.03. The predicted octanol–water partition coefficient (Wildman–Crippen LogP) is 3.88. The van der Waals surface area contributed by atoms with Crippen molar-refractivity contribution in [3.8, 4) is 0 Å². The van der Waals surface area contributed by atoms with E-state index in [1.165, 1.54) is 70.6 Å². The van der Waals surface area contributed by atoms with E-state index in [1.54, 1.807) is 11.8 Å². The van der Waals surface area contributed by atoms with Crippen LogP contribution in [0.4, 0.5) is 0 Å². The Balaban J connectivity index is 1.52. The molecule has 1 amide bonds. The molecule has 112 valence electrons. The van der Waals surface area contributed by atoms with E-state index in [0.717, 1.165) is 5.17 Å². The first kappa shape index (κ1) is 14.4. The molecule has 3 nitrogen and oxygen atoms in total. The van der Waals surface area contributed by atoms with Crippen molar-refractivity contribution in [3.63, 3.8) is 0 Å². The quantitative estimate of drug-likeness (QED) is 0.840. The molecule has 0 saturated heterocycles. The Morgan fingerprint density at radius 2 is 1.50 bits per heavy atom. The Labute approximate surface area is 126 Å². The van der Waals surface area contributed by atoms with Crippen LogP contribution in [0.3, 0.4) is 0 Å². The molecule has 0 aromatic rings. The zero-order valence-corrected chi connectivity index (χ0v) is 13.1. The summed E-state index contributed by atoms with van der Waals surface area (Å²) in [5.41, 5.74) is 0. The molecule has 1 heterocycles. The number of carbonyl (C=O) groups is 1. The van der Waals surface area contributed by atoms with Crippen LogP contribution in [0.15, 0.2) is 4.99 Å². The standard InChI is InChI=1S/C16H26N2OS/c19-15-14(12-8-6-7-9-12)20-16(18-15)17-13-10-4-2-1-3-5-11-13/h12-14H,1-11H2,(H,17,18,19). The van der Waals surface area contributed by atoms with Crippen LogP contribution < -0.4 is 5.32 Å². The second-order valence-electron chi connectivity index (χ2n) is 6.52. The first-order valence-corrected chi connectivity index (χ1v) is 9.26. The highest BCUT2D eigenvalue weighted by Gasteiger charge is 2.37. The van der Waals surface area contributed by atoms with Crippen molar-refractivity contribution in [2.24, 2.45) is 10.9 Å². The van der Waals surface area contributed by atoms with Gasteiger partial charge in [0.15, 0.2) is 5.17 Å². The fourth-order valence-corrected chi connectivity index (χ4v) is 5.00. The van der Waals surface area contributed by atoms with Gasteiger partial charge < -0.3 is 5.32 Å². The lowest BCUT2D eigenvalue weighted by molar-refractivity contribution is -0.117. The fraction of sp³-hybridized carbons (Fsp3) is 0.875. The van der Waals surface area contributed by atoms with Gasteiger partial charge in [-0.2, -0.15) is 4.99 Å². The van der Waals surface area contributed by atoms with E-state index in [0.29, 0.717) is 12.0 Å². The number of thioether (sulfide) groups is 1. The third-order valence-corrected chi connectivity index (χ3v) is 6.23. The van der Waals surface area contributed by atoms with Crippen LogP contribution in [-0.2, 0) is 4.79 Å². The Hall–Kier alpha value is -0.510. The summed E-state index contributed by atoms with van der Waals surface area (Å²) in [4.78, 5) is 16.4. The van der Waals surface area contributed by atoms with Crippen molar-refractivity contribution >= 4 is 22.8 Å². The third-order valence-electron chi connectivity index (χ3n) is 4.95. The highest BCUT2D eigenvalue weighted by Crippen LogP contribution is 2.37. The first-order chi connectivity index (χ1) is 9.83. The van der Waals surface area contributed by atoms with Gasteiger partial charge in [0.25, 0.3) is 5.91 Å². The Morgan fingerprint density at radius 3 is 2.20 bits per heavy atom. The number of nitrogens with zero attached hydrogens (tertiary/aromatic N) is 1. The summed E-state index contributed by atoms with van der Waals surface area (Å²) in [5, 5.41) is 4.59. The molecule has 0 aromatic heterocycles. The molecule has 1 N–H and O–H groups in total.